The van der Waals surface area contributed by atoms with Crippen molar-refractivity contribution in [3.8, 4) is 5.75 Å². The molecule has 1 amide bonds. The van der Waals surface area contributed by atoms with Crippen LogP contribution in [0.25, 0.3) is 0 Å². The third-order valence-electron chi connectivity index (χ3n) is 5.23. The summed E-state index contributed by atoms with van der Waals surface area (Å²) in [5.74, 6) is -0.0608. The number of ether oxygens (including phenoxy) is 1. The molecular formula is C26H29N3O4S. The maximum absolute atomic E-state index is 13.4. The number of nitrogens with zero attached hydrogens (tertiary/aromatic N) is 2. The number of aryl methyl sites for hydroxylation is 2. The molecular weight excluding hydrogens is 450 g/mol. The summed E-state index contributed by atoms with van der Waals surface area (Å²) in [6.45, 7) is 3.27. The number of carbonyl (C=O) groups excluding carboxylic acids is 1. The molecule has 0 heterocycles. The Morgan fingerprint density at radius 1 is 1.00 bits per heavy atom. The molecule has 0 saturated carbocycles. The van der Waals surface area contributed by atoms with E-state index in [4.69, 9.17) is 4.74 Å². The van der Waals surface area contributed by atoms with Crippen molar-refractivity contribution in [2.45, 2.75) is 31.6 Å². The lowest BCUT2D eigenvalue weighted by molar-refractivity contribution is -0.119. The van der Waals surface area contributed by atoms with Gasteiger partial charge in [-0.15, -0.1) is 0 Å². The van der Waals surface area contributed by atoms with Gasteiger partial charge in [0.15, 0.2) is 0 Å². The van der Waals surface area contributed by atoms with Gasteiger partial charge < -0.3 is 4.74 Å². The normalized spacial score (nSPS) is 11.7. The van der Waals surface area contributed by atoms with E-state index in [1.54, 1.807) is 36.4 Å². The molecule has 0 bridgehead atoms. The summed E-state index contributed by atoms with van der Waals surface area (Å²) in [6.07, 6.45) is 1.47. The number of rotatable bonds is 10. The van der Waals surface area contributed by atoms with Crippen LogP contribution in [0.3, 0.4) is 0 Å². The minimum atomic E-state index is -4.01. The van der Waals surface area contributed by atoms with Gasteiger partial charge in [-0.25, -0.2) is 13.8 Å². The second-order valence-corrected chi connectivity index (χ2v) is 9.76. The van der Waals surface area contributed by atoms with Crippen LogP contribution in [0, 0.1) is 6.92 Å². The Bertz CT molecular complexity index is 1240. The highest BCUT2D eigenvalue weighted by atomic mass is 32.2. The lowest BCUT2D eigenvalue weighted by atomic mass is 10.1. The fraction of sp³-hybridized carbons (Fsp3) is 0.231. The Hall–Kier alpha value is -3.65. The molecule has 0 unspecified atom stereocenters. The summed E-state index contributed by atoms with van der Waals surface area (Å²) < 4.78 is 33.2. The van der Waals surface area contributed by atoms with Crippen molar-refractivity contribution < 1.29 is 17.9 Å². The zero-order valence-corrected chi connectivity index (χ0v) is 20.4. The van der Waals surface area contributed by atoms with Crippen LogP contribution in [0.2, 0.25) is 0 Å². The van der Waals surface area contributed by atoms with E-state index < -0.39 is 22.5 Å². The van der Waals surface area contributed by atoms with Crippen LogP contribution in [0.4, 0.5) is 5.69 Å². The molecule has 0 fully saturated rings. The van der Waals surface area contributed by atoms with Crippen molar-refractivity contribution >= 4 is 27.3 Å². The van der Waals surface area contributed by atoms with Crippen molar-refractivity contribution in [2.24, 2.45) is 5.10 Å². The van der Waals surface area contributed by atoms with Crippen molar-refractivity contribution in [2.75, 3.05) is 18.0 Å². The number of hydrogen-bond donors (Lipinski definition) is 1. The molecule has 0 atom stereocenters. The van der Waals surface area contributed by atoms with Crippen molar-refractivity contribution in [3.63, 3.8) is 0 Å². The SMILES string of the molecule is COc1cccc(N(CC(=O)N/N=C(/C)CCc2ccccc2)S(=O)(=O)c2ccc(C)cc2)c1. The van der Waals surface area contributed by atoms with Crippen LogP contribution in [0.15, 0.2) is 88.9 Å². The topological polar surface area (TPSA) is 88.1 Å². The van der Waals surface area contributed by atoms with Gasteiger partial charge in [-0.2, -0.15) is 5.10 Å². The first-order chi connectivity index (χ1) is 16.3. The summed E-state index contributed by atoms with van der Waals surface area (Å²) in [5, 5.41) is 4.16. The maximum Gasteiger partial charge on any atom is 0.264 e. The Morgan fingerprint density at radius 2 is 1.71 bits per heavy atom. The number of sulfonamides is 1. The third-order valence-corrected chi connectivity index (χ3v) is 7.02. The second-order valence-electron chi connectivity index (χ2n) is 7.89. The van der Waals surface area contributed by atoms with Crippen molar-refractivity contribution in [3.05, 3.63) is 90.0 Å². The highest BCUT2D eigenvalue weighted by molar-refractivity contribution is 7.92. The molecule has 34 heavy (non-hydrogen) atoms. The number of carbonyl (C=O) groups is 1. The standard InChI is InChI=1S/C26H29N3O4S/c1-20-12-16-25(17-13-20)34(31,32)29(23-10-7-11-24(18-23)33-3)19-26(30)28-27-21(2)14-15-22-8-5-4-6-9-22/h4-13,16-18H,14-15,19H2,1-3H3,(H,28,30)/b27-21-. The fourth-order valence-electron chi connectivity index (χ4n) is 3.27. The van der Waals surface area contributed by atoms with E-state index in [1.807, 2.05) is 44.2 Å². The van der Waals surface area contributed by atoms with Gasteiger partial charge in [0.1, 0.15) is 12.3 Å². The molecule has 1 N–H and O–H groups in total. The first kappa shape index (κ1) is 25.0. The van der Waals surface area contributed by atoms with Crippen LogP contribution in [-0.2, 0) is 21.2 Å². The zero-order valence-electron chi connectivity index (χ0n) is 19.6. The van der Waals surface area contributed by atoms with Gasteiger partial charge in [0.05, 0.1) is 17.7 Å². The first-order valence-corrected chi connectivity index (χ1v) is 12.3. The van der Waals surface area contributed by atoms with Crippen LogP contribution in [0.1, 0.15) is 24.5 Å². The summed E-state index contributed by atoms with van der Waals surface area (Å²) in [7, 11) is -2.51. The minimum absolute atomic E-state index is 0.0938. The average Bonchev–Trinajstić information content (AvgIpc) is 2.85. The number of amides is 1. The van der Waals surface area contributed by atoms with Crippen molar-refractivity contribution in [1.29, 1.82) is 0 Å². The Balaban J connectivity index is 1.78. The third kappa shape index (κ3) is 6.68. The van der Waals surface area contributed by atoms with Crippen LogP contribution < -0.4 is 14.5 Å². The summed E-state index contributed by atoms with van der Waals surface area (Å²) in [5.41, 5.74) is 5.67. The van der Waals surface area contributed by atoms with E-state index in [0.717, 1.165) is 22.0 Å². The predicted octanol–water partition coefficient (Wildman–Crippen LogP) is 4.32. The largest absolute Gasteiger partial charge is 0.497 e. The highest BCUT2D eigenvalue weighted by Gasteiger charge is 2.27. The lowest BCUT2D eigenvalue weighted by Gasteiger charge is -2.24. The molecule has 0 aliphatic heterocycles. The molecule has 8 heteroatoms. The van der Waals surface area contributed by atoms with Gasteiger partial charge >= 0.3 is 0 Å². The number of hydrogen-bond acceptors (Lipinski definition) is 5. The van der Waals surface area contributed by atoms with Gasteiger partial charge in [-0.1, -0.05) is 54.1 Å². The molecule has 0 radical (unpaired) electrons. The average molecular weight is 480 g/mol. The molecule has 0 spiro atoms. The summed E-state index contributed by atoms with van der Waals surface area (Å²) in [6, 6.07) is 23.1. The first-order valence-electron chi connectivity index (χ1n) is 10.9. The molecule has 0 aliphatic rings. The lowest BCUT2D eigenvalue weighted by Crippen LogP contribution is -2.39. The number of hydrazone groups is 1. The van der Waals surface area contributed by atoms with E-state index in [2.05, 4.69) is 10.5 Å². The van der Waals surface area contributed by atoms with E-state index >= 15 is 0 Å². The maximum atomic E-state index is 13.4. The summed E-state index contributed by atoms with van der Waals surface area (Å²) in [4.78, 5) is 12.8. The van der Waals surface area contributed by atoms with Gasteiger partial charge in [-0.3, -0.25) is 9.10 Å². The fourth-order valence-corrected chi connectivity index (χ4v) is 4.68. The quantitative estimate of drug-likeness (QED) is 0.346. The molecule has 178 valence electrons. The number of anilines is 1. The van der Waals surface area contributed by atoms with Crippen LogP contribution >= 0.6 is 0 Å². The van der Waals surface area contributed by atoms with E-state index in [0.29, 0.717) is 17.9 Å². The smallest absolute Gasteiger partial charge is 0.264 e. The Morgan fingerprint density at radius 3 is 2.38 bits per heavy atom. The molecule has 3 aromatic rings. The van der Waals surface area contributed by atoms with Crippen molar-refractivity contribution in [1.82, 2.24) is 5.43 Å². The number of nitrogens with one attached hydrogen (secondary N) is 1. The molecule has 0 aromatic heterocycles. The van der Waals surface area contributed by atoms with E-state index in [9.17, 15) is 13.2 Å². The van der Waals surface area contributed by atoms with E-state index in [1.165, 1.54) is 24.8 Å². The molecule has 0 saturated heterocycles. The second kappa shape index (κ2) is 11.5. The predicted molar refractivity (Wildman–Crippen MR) is 135 cm³/mol. The van der Waals surface area contributed by atoms with E-state index in [-0.39, 0.29) is 4.90 Å². The van der Waals surface area contributed by atoms with Gasteiger partial charge in [0.2, 0.25) is 0 Å². The number of methoxy groups -OCH3 is 1. The van der Waals surface area contributed by atoms with Gasteiger partial charge in [0.25, 0.3) is 15.9 Å². The minimum Gasteiger partial charge on any atom is -0.497 e. The Kier molecular flexibility index (Phi) is 8.43. The van der Waals surface area contributed by atoms with Gasteiger partial charge in [-0.05, 0) is 56.5 Å². The Labute approximate surface area is 201 Å². The molecule has 3 rings (SSSR count). The van der Waals surface area contributed by atoms with Crippen LogP contribution in [-0.4, -0.2) is 33.7 Å². The zero-order chi connectivity index (χ0) is 24.6. The van der Waals surface area contributed by atoms with Gasteiger partial charge in [0, 0.05) is 11.8 Å². The number of benzene rings is 3. The van der Waals surface area contributed by atoms with Crippen LogP contribution in [0.5, 0.6) is 5.75 Å². The summed E-state index contributed by atoms with van der Waals surface area (Å²) >= 11 is 0. The molecule has 7 nitrogen and oxygen atoms in total. The highest BCUT2D eigenvalue weighted by Crippen LogP contribution is 2.27. The monoisotopic (exact) mass is 479 g/mol. The molecule has 3 aromatic carbocycles. The molecule has 0 aliphatic carbocycles.